The van der Waals surface area contributed by atoms with Gasteiger partial charge in [-0.25, -0.2) is 13.8 Å². The second kappa shape index (κ2) is 4.44. The van der Waals surface area contributed by atoms with Crippen LogP contribution in [0.25, 0.3) is 0 Å². The first kappa shape index (κ1) is 11.0. The van der Waals surface area contributed by atoms with Gasteiger partial charge in [0.05, 0.1) is 4.47 Å². The molecule has 0 aliphatic rings. The first-order chi connectivity index (χ1) is 6.60. The Balaban J connectivity index is 3.34. The zero-order valence-corrected chi connectivity index (χ0v) is 8.55. The second-order valence-corrected chi connectivity index (χ2v) is 3.28. The van der Waals surface area contributed by atoms with E-state index >= 15 is 0 Å². The van der Waals surface area contributed by atoms with E-state index in [0.29, 0.717) is 10.0 Å². The molecule has 1 aromatic heterocycles. The molecular weight excluding hydrogens is 256 g/mol. The maximum Gasteiger partial charge on any atom is 0.280 e. The first-order valence-corrected chi connectivity index (χ1v) is 4.47. The van der Waals surface area contributed by atoms with Crippen molar-refractivity contribution >= 4 is 15.9 Å². The monoisotopic (exact) mass is 261 g/mol. The summed E-state index contributed by atoms with van der Waals surface area (Å²) in [5, 5.41) is 8.62. The molecule has 0 saturated carbocycles. The third kappa shape index (κ3) is 2.05. The van der Waals surface area contributed by atoms with E-state index in [0.717, 1.165) is 0 Å². The van der Waals surface area contributed by atoms with Gasteiger partial charge in [-0.2, -0.15) is 5.26 Å². The van der Waals surface area contributed by atoms with Crippen molar-refractivity contribution in [2.45, 2.75) is 13.0 Å². The predicted molar refractivity (Wildman–Crippen MR) is 49.5 cm³/mol. The highest BCUT2D eigenvalue weighted by molar-refractivity contribution is 9.10. The number of nitrogens with two attached hydrogens (primary N) is 1. The minimum Gasteiger partial charge on any atom is -0.326 e. The van der Waals surface area contributed by atoms with Crippen LogP contribution in [0.15, 0.2) is 10.5 Å². The average molecular weight is 262 g/mol. The van der Waals surface area contributed by atoms with Gasteiger partial charge in [0.2, 0.25) is 0 Å². The zero-order valence-electron chi connectivity index (χ0n) is 6.97. The van der Waals surface area contributed by atoms with E-state index < -0.39 is 12.1 Å². The highest BCUT2D eigenvalue weighted by Crippen LogP contribution is 2.25. The van der Waals surface area contributed by atoms with E-state index in [1.54, 1.807) is 6.07 Å². The number of hydrogen-bond acceptors (Lipinski definition) is 3. The van der Waals surface area contributed by atoms with Crippen molar-refractivity contribution in [3.8, 4) is 6.07 Å². The van der Waals surface area contributed by atoms with E-state index in [4.69, 9.17) is 11.0 Å². The lowest BCUT2D eigenvalue weighted by atomic mass is 10.2. The number of aromatic nitrogens is 1. The molecule has 2 N–H and O–H groups in total. The smallest absolute Gasteiger partial charge is 0.280 e. The van der Waals surface area contributed by atoms with Crippen LogP contribution in [0, 0.1) is 11.3 Å². The van der Waals surface area contributed by atoms with Gasteiger partial charge in [-0.1, -0.05) is 0 Å². The Morgan fingerprint density at radius 2 is 2.29 bits per heavy atom. The Morgan fingerprint density at radius 1 is 1.64 bits per heavy atom. The van der Waals surface area contributed by atoms with Crippen LogP contribution in [0.3, 0.4) is 0 Å². The molecule has 0 spiro atoms. The summed E-state index contributed by atoms with van der Waals surface area (Å²) in [6.45, 7) is 0.0809. The SMILES string of the molecule is N#Cc1nc(C(F)F)cc(CN)c1Br. The highest BCUT2D eigenvalue weighted by atomic mass is 79.9. The van der Waals surface area contributed by atoms with Gasteiger partial charge < -0.3 is 5.73 Å². The van der Waals surface area contributed by atoms with Gasteiger partial charge >= 0.3 is 0 Å². The summed E-state index contributed by atoms with van der Waals surface area (Å²) in [6, 6.07) is 2.91. The van der Waals surface area contributed by atoms with E-state index in [-0.39, 0.29) is 12.2 Å². The van der Waals surface area contributed by atoms with E-state index in [9.17, 15) is 8.78 Å². The van der Waals surface area contributed by atoms with Crippen LogP contribution in [0.2, 0.25) is 0 Å². The number of hydrogen-bond donors (Lipinski definition) is 1. The quantitative estimate of drug-likeness (QED) is 0.887. The van der Waals surface area contributed by atoms with Crippen LogP contribution in [-0.4, -0.2) is 4.98 Å². The molecule has 3 nitrogen and oxygen atoms in total. The maximum atomic E-state index is 12.3. The van der Waals surface area contributed by atoms with Gasteiger partial charge in [0.15, 0.2) is 5.69 Å². The van der Waals surface area contributed by atoms with Crippen LogP contribution in [0.1, 0.15) is 23.4 Å². The summed E-state index contributed by atoms with van der Waals surface area (Å²) in [6.07, 6.45) is -2.69. The molecule has 0 amide bonds. The molecule has 0 bridgehead atoms. The lowest BCUT2D eigenvalue weighted by Gasteiger charge is -2.06. The molecule has 14 heavy (non-hydrogen) atoms. The topological polar surface area (TPSA) is 62.7 Å². The molecule has 0 fully saturated rings. The van der Waals surface area contributed by atoms with Crippen molar-refractivity contribution < 1.29 is 8.78 Å². The molecule has 0 saturated heterocycles. The summed E-state index contributed by atoms with van der Waals surface area (Å²) >= 11 is 3.07. The molecule has 1 aromatic rings. The van der Waals surface area contributed by atoms with Crippen molar-refractivity contribution in [1.82, 2.24) is 4.98 Å². The number of pyridine rings is 1. The fourth-order valence-electron chi connectivity index (χ4n) is 0.939. The molecule has 0 unspecified atom stereocenters. The number of nitrogens with zero attached hydrogens (tertiary/aromatic N) is 2. The molecule has 74 valence electrons. The van der Waals surface area contributed by atoms with Crippen LogP contribution in [0.5, 0.6) is 0 Å². The number of alkyl halides is 2. The molecule has 0 atom stereocenters. The van der Waals surface area contributed by atoms with E-state index in [2.05, 4.69) is 20.9 Å². The zero-order chi connectivity index (χ0) is 10.7. The standard InChI is InChI=1S/C8H6BrF2N3/c9-7-4(2-12)1-5(8(10)11)14-6(7)3-13/h1,8H,2,12H2. The third-order valence-corrected chi connectivity index (χ3v) is 2.49. The Hall–Kier alpha value is -1.06. The molecule has 0 aliphatic heterocycles. The number of halogens is 3. The van der Waals surface area contributed by atoms with E-state index in [1.807, 2.05) is 0 Å². The summed E-state index contributed by atoms with van der Waals surface area (Å²) < 4.78 is 25.0. The second-order valence-electron chi connectivity index (χ2n) is 2.49. The first-order valence-electron chi connectivity index (χ1n) is 3.67. The van der Waals surface area contributed by atoms with Crippen LogP contribution in [0.4, 0.5) is 8.78 Å². The Bertz CT molecular complexity index is 387. The minimum atomic E-state index is -2.69. The lowest BCUT2D eigenvalue weighted by Crippen LogP contribution is -2.03. The number of rotatable bonds is 2. The molecule has 0 aliphatic carbocycles. The van der Waals surface area contributed by atoms with Crippen molar-refractivity contribution in [1.29, 1.82) is 5.26 Å². The summed E-state index contributed by atoms with van der Waals surface area (Å²) in [7, 11) is 0. The molecule has 0 radical (unpaired) electrons. The molecule has 1 rings (SSSR count). The maximum absolute atomic E-state index is 12.3. The fraction of sp³-hybridized carbons (Fsp3) is 0.250. The van der Waals surface area contributed by atoms with Crippen LogP contribution in [-0.2, 0) is 6.54 Å². The van der Waals surface area contributed by atoms with Crippen LogP contribution < -0.4 is 5.73 Å². The number of nitriles is 1. The van der Waals surface area contributed by atoms with Crippen molar-refractivity contribution in [3.05, 3.63) is 27.5 Å². The van der Waals surface area contributed by atoms with Gasteiger partial charge in [-0.3, -0.25) is 0 Å². The lowest BCUT2D eigenvalue weighted by molar-refractivity contribution is 0.146. The van der Waals surface area contributed by atoms with Crippen molar-refractivity contribution in [2.75, 3.05) is 0 Å². The van der Waals surface area contributed by atoms with Gasteiger partial charge in [0.25, 0.3) is 6.43 Å². The molecule has 1 heterocycles. The summed E-state index contributed by atoms with van der Waals surface area (Å²) in [4.78, 5) is 3.49. The van der Waals surface area contributed by atoms with Crippen molar-refractivity contribution in [3.63, 3.8) is 0 Å². The highest BCUT2D eigenvalue weighted by Gasteiger charge is 2.15. The van der Waals surface area contributed by atoms with Gasteiger partial charge in [-0.15, -0.1) is 0 Å². The van der Waals surface area contributed by atoms with Crippen LogP contribution >= 0.6 is 15.9 Å². The Labute approximate surface area is 87.7 Å². The molecular formula is C8H6BrF2N3. The Kier molecular flexibility index (Phi) is 3.49. The van der Waals surface area contributed by atoms with Gasteiger partial charge in [0, 0.05) is 6.54 Å². The van der Waals surface area contributed by atoms with Gasteiger partial charge in [-0.05, 0) is 27.6 Å². The summed E-state index contributed by atoms with van der Waals surface area (Å²) in [5.74, 6) is 0. The fourth-order valence-corrected chi connectivity index (χ4v) is 1.39. The average Bonchev–Trinajstić information content (AvgIpc) is 2.17. The minimum absolute atomic E-state index is 0.0664. The van der Waals surface area contributed by atoms with E-state index in [1.165, 1.54) is 6.07 Å². The van der Waals surface area contributed by atoms with Gasteiger partial charge in [0.1, 0.15) is 11.8 Å². The summed E-state index contributed by atoms with van der Waals surface area (Å²) in [5.41, 5.74) is 5.29. The molecule has 6 heteroatoms. The largest absolute Gasteiger partial charge is 0.326 e. The Morgan fingerprint density at radius 3 is 2.71 bits per heavy atom. The third-order valence-electron chi connectivity index (χ3n) is 1.60. The van der Waals surface area contributed by atoms with Crippen molar-refractivity contribution in [2.24, 2.45) is 5.73 Å². The molecule has 0 aromatic carbocycles. The normalized spacial score (nSPS) is 10.3. The predicted octanol–water partition coefficient (Wildman–Crippen LogP) is 2.11.